The van der Waals surface area contributed by atoms with Crippen molar-refractivity contribution in [2.24, 2.45) is 0 Å². The second-order valence-electron chi connectivity index (χ2n) is 7.85. The molecule has 0 fully saturated rings. The van der Waals surface area contributed by atoms with Crippen molar-refractivity contribution >= 4 is 16.9 Å². The molecular formula is C25H21F4N3O2. The van der Waals surface area contributed by atoms with Crippen molar-refractivity contribution < 1.29 is 27.5 Å². The quantitative estimate of drug-likeness (QED) is 0.381. The predicted octanol–water partition coefficient (Wildman–Crippen LogP) is 4.79. The van der Waals surface area contributed by atoms with Crippen molar-refractivity contribution in [3.63, 3.8) is 0 Å². The van der Waals surface area contributed by atoms with Crippen LogP contribution in [0.25, 0.3) is 11.0 Å². The molecule has 1 heterocycles. The fourth-order valence-corrected chi connectivity index (χ4v) is 3.67. The third-order valence-corrected chi connectivity index (χ3v) is 5.41. The summed E-state index contributed by atoms with van der Waals surface area (Å²) in [4.78, 5) is 17.1. The molecule has 0 saturated heterocycles. The number of aliphatic hydroxyl groups excluding tert-OH is 1. The first kappa shape index (κ1) is 23.4. The number of amides is 1. The minimum atomic E-state index is -4.52. The molecule has 0 saturated carbocycles. The number of alkyl halides is 3. The highest BCUT2D eigenvalue weighted by molar-refractivity contribution is 5.81. The Morgan fingerprint density at radius 1 is 1.03 bits per heavy atom. The lowest BCUT2D eigenvalue weighted by atomic mass is 10.1. The molecule has 34 heavy (non-hydrogen) atoms. The van der Waals surface area contributed by atoms with E-state index in [9.17, 15) is 27.5 Å². The molecule has 4 rings (SSSR count). The lowest BCUT2D eigenvalue weighted by molar-refractivity contribution is -0.137. The van der Waals surface area contributed by atoms with E-state index in [0.717, 1.165) is 17.7 Å². The summed E-state index contributed by atoms with van der Waals surface area (Å²) in [5.74, 6) is -0.346. The van der Waals surface area contributed by atoms with Crippen molar-refractivity contribution in [2.75, 3.05) is 0 Å². The fourth-order valence-electron chi connectivity index (χ4n) is 3.67. The molecule has 2 N–H and O–H groups in total. The Kier molecular flexibility index (Phi) is 6.65. The highest BCUT2D eigenvalue weighted by Crippen LogP contribution is 2.31. The molecule has 0 spiro atoms. The zero-order chi connectivity index (χ0) is 24.3. The van der Waals surface area contributed by atoms with Gasteiger partial charge in [0.1, 0.15) is 11.6 Å². The number of benzene rings is 3. The van der Waals surface area contributed by atoms with Gasteiger partial charge in [0.25, 0.3) is 0 Å². The molecule has 1 atom stereocenters. The van der Waals surface area contributed by atoms with Crippen molar-refractivity contribution in [3.05, 3.63) is 101 Å². The molecule has 0 bridgehead atoms. The van der Waals surface area contributed by atoms with Gasteiger partial charge >= 0.3 is 6.18 Å². The summed E-state index contributed by atoms with van der Waals surface area (Å²) in [6.07, 6.45) is -5.88. The molecule has 0 aliphatic carbocycles. The standard InChI is InChI=1S/C25H21F4N3O2/c26-19-10-8-16(9-11-19)14-30-24(34)13-23-31-20-6-1-2-7-21(20)32(23)15-22(33)17-4-3-5-18(12-17)25(27,28)29/h1-12,22,33H,13-15H2,(H,30,34). The van der Waals surface area contributed by atoms with Gasteiger partial charge in [-0.15, -0.1) is 0 Å². The van der Waals surface area contributed by atoms with E-state index in [1.54, 1.807) is 41.0 Å². The first-order chi connectivity index (χ1) is 16.2. The number of aliphatic hydroxyl groups is 1. The van der Waals surface area contributed by atoms with Crippen LogP contribution in [-0.2, 0) is 30.5 Å². The third kappa shape index (κ3) is 5.43. The van der Waals surface area contributed by atoms with Crippen LogP contribution in [0.2, 0.25) is 0 Å². The van der Waals surface area contributed by atoms with Crippen LogP contribution in [0.5, 0.6) is 0 Å². The van der Waals surface area contributed by atoms with Crippen LogP contribution in [0.1, 0.15) is 28.6 Å². The first-order valence-corrected chi connectivity index (χ1v) is 10.5. The average Bonchev–Trinajstić information content (AvgIpc) is 3.15. The average molecular weight is 471 g/mol. The summed E-state index contributed by atoms with van der Waals surface area (Å²) < 4.78 is 53.9. The molecule has 1 amide bonds. The number of carbonyl (C=O) groups excluding carboxylic acids is 1. The maximum atomic E-state index is 13.1. The lowest BCUT2D eigenvalue weighted by Crippen LogP contribution is -2.26. The molecule has 3 aromatic carbocycles. The Morgan fingerprint density at radius 2 is 1.76 bits per heavy atom. The minimum Gasteiger partial charge on any atom is -0.387 e. The highest BCUT2D eigenvalue weighted by Gasteiger charge is 2.31. The van der Waals surface area contributed by atoms with Gasteiger partial charge in [0, 0.05) is 6.54 Å². The van der Waals surface area contributed by atoms with Gasteiger partial charge in [-0.3, -0.25) is 4.79 Å². The van der Waals surface area contributed by atoms with Gasteiger partial charge < -0.3 is 15.0 Å². The minimum absolute atomic E-state index is 0.0810. The summed E-state index contributed by atoms with van der Waals surface area (Å²) in [7, 11) is 0. The van der Waals surface area contributed by atoms with Crippen LogP contribution in [0.4, 0.5) is 17.6 Å². The molecule has 1 aromatic heterocycles. The van der Waals surface area contributed by atoms with Gasteiger partial charge in [0.05, 0.1) is 35.7 Å². The largest absolute Gasteiger partial charge is 0.416 e. The van der Waals surface area contributed by atoms with E-state index >= 15 is 0 Å². The van der Waals surface area contributed by atoms with Gasteiger partial charge in [0.15, 0.2) is 0 Å². The molecule has 4 aromatic rings. The monoisotopic (exact) mass is 471 g/mol. The number of para-hydroxylation sites is 2. The Bertz CT molecular complexity index is 1300. The normalized spacial score (nSPS) is 12.6. The number of nitrogens with zero attached hydrogens (tertiary/aromatic N) is 2. The molecule has 5 nitrogen and oxygen atoms in total. The van der Waals surface area contributed by atoms with E-state index in [4.69, 9.17) is 0 Å². The van der Waals surface area contributed by atoms with E-state index in [0.29, 0.717) is 16.9 Å². The van der Waals surface area contributed by atoms with E-state index in [1.807, 2.05) is 0 Å². The number of hydrogen-bond donors (Lipinski definition) is 2. The van der Waals surface area contributed by atoms with Crippen LogP contribution >= 0.6 is 0 Å². The molecule has 176 valence electrons. The van der Waals surface area contributed by atoms with Gasteiger partial charge in [0.2, 0.25) is 5.91 Å². The van der Waals surface area contributed by atoms with Crippen molar-refractivity contribution in [2.45, 2.75) is 31.8 Å². The maximum absolute atomic E-state index is 13.1. The summed E-state index contributed by atoms with van der Waals surface area (Å²) in [6.45, 7) is 0.120. The number of rotatable bonds is 7. The topological polar surface area (TPSA) is 67.2 Å². The van der Waals surface area contributed by atoms with Gasteiger partial charge in [-0.2, -0.15) is 13.2 Å². The number of aromatic nitrogens is 2. The van der Waals surface area contributed by atoms with Gasteiger partial charge in [-0.1, -0.05) is 36.4 Å². The molecule has 9 heteroatoms. The van der Waals surface area contributed by atoms with Crippen molar-refractivity contribution in [1.29, 1.82) is 0 Å². The summed E-state index contributed by atoms with van der Waals surface area (Å²) in [5, 5.41) is 13.5. The van der Waals surface area contributed by atoms with E-state index in [-0.39, 0.29) is 36.8 Å². The maximum Gasteiger partial charge on any atom is 0.416 e. The van der Waals surface area contributed by atoms with Crippen LogP contribution in [-0.4, -0.2) is 20.6 Å². The number of carbonyl (C=O) groups is 1. The lowest BCUT2D eigenvalue weighted by Gasteiger charge is -2.17. The second-order valence-corrected chi connectivity index (χ2v) is 7.85. The van der Waals surface area contributed by atoms with E-state index in [1.165, 1.54) is 24.3 Å². The fraction of sp³-hybridized carbons (Fsp3) is 0.200. The number of halogens is 4. The van der Waals surface area contributed by atoms with Crippen LogP contribution in [0.15, 0.2) is 72.8 Å². The molecule has 1 unspecified atom stereocenters. The number of hydrogen-bond acceptors (Lipinski definition) is 3. The number of imidazole rings is 1. The molecular weight excluding hydrogens is 450 g/mol. The Labute approximate surface area is 192 Å². The zero-order valence-electron chi connectivity index (χ0n) is 17.9. The first-order valence-electron chi connectivity index (χ1n) is 10.5. The van der Waals surface area contributed by atoms with E-state index < -0.39 is 17.8 Å². The smallest absolute Gasteiger partial charge is 0.387 e. The highest BCUT2D eigenvalue weighted by atomic mass is 19.4. The third-order valence-electron chi connectivity index (χ3n) is 5.41. The Balaban J connectivity index is 1.54. The zero-order valence-corrected chi connectivity index (χ0v) is 17.9. The van der Waals surface area contributed by atoms with Gasteiger partial charge in [-0.25, -0.2) is 9.37 Å². The number of fused-ring (bicyclic) bond motifs is 1. The number of nitrogens with one attached hydrogen (secondary N) is 1. The summed E-state index contributed by atoms with van der Waals surface area (Å²) >= 11 is 0. The summed E-state index contributed by atoms with van der Waals surface area (Å²) in [6, 6.07) is 17.3. The van der Waals surface area contributed by atoms with E-state index in [2.05, 4.69) is 10.3 Å². The van der Waals surface area contributed by atoms with Crippen LogP contribution in [0.3, 0.4) is 0 Å². The Morgan fingerprint density at radius 3 is 2.50 bits per heavy atom. The second kappa shape index (κ2) is 9.64. The van der Waals surface area contributed by atoms with Crippen LogP contribution in [0, 0.1) is 5.82 Å². The Hall–Kier alpha value is -3.72. The molecule has 0 aliphatic heterocycles. The van der Waals surface area contributed by atoms with Crippen LogP contribution < -0.4 is 5.32 Å². The van der Waals surface area contributed by atoms with Crippen molar-refractivity contribution in [3.8, 4) is 0 Å². The summed E-state index contributed by atoms with van der Waals surface area (Å²) in [5.41, 5.74) is 1.23. The SMILES string of the molecule is O=C(Cc1nc2ccccc2n1CC(O)c1cccc(C(F)(F)F)c1)NCc1ccc(F)cc1. The van der Waals surface area contributed by atoms with Gasteiger partial charge in [-0.05, 0) is 47.5 Å². The molecule has 0 radical (unpaired) electrons. The predicted molar refractivity (Wildman–Crippen MR) is 118 cm³/mol. The van der Waals surface area contributed by atoms with Crippen molar-refractivity contribution in [1.82, 2.24) is 14.9 Å². The molecule has 0 aliphatic rings.